The third-order valence-corrected chi connectivity index (χ3v) is 3.03. The normalized spacial score (nSPS) is 10.3. The molecule has 1 aromatic carbocycles. The summed E-state index contributed by atoms with van der Waals surface area (Å²) in [6.45, 7) is 0. The van der Waals surface area contributed by atoms with E-state index in [0.29, 0.717) is 22.1 Å². The van der Waals surface area contributed by atoms with Crippen molar-refractivity contribution in [3.05, 3.63) is 71.6 Å². The minimum absolute atomic E-state index is 0.205. The predicted octanol–water partition coefficient (Wildman–Crippen LogP) is 3.17. The molecule has 3 aromatic rings. The number of carbonyl (C=O) groups excluding carboxylic acids is 1. The van der Waals surface area contributed by atoms with Crippen LogP contribution in [0.15, 0.2) is 61.1 Å². The molecule has 0 aliphatic heterocycles. The van der Waals surface area contributed by atoms with Gasteiger partial charge in [0.2, 0.25) is 0 Å². The van der Waals surface area contributed by atoms with E-state index in [9.17, 15) is 4.79 Å². The Balaban J connectivity index is 1.91. The Morgan fingerprint density at radius 1 is 1.14 bits per heavy atom. The Hall–Kier alpha value is -2.66. The van der Waals surface area contributed by atoms with Gasteiger partial charge in [0.25, 0.3) is 5.91 Å². The van der Waals surface area contributed by atoms with Crippen molar-refractivity contribution < 1.29 is 4.79 Å². The molecule has 0 saturated heterocycles. The molecule has 104 valence electrons. The van der Waals surface area contributed by atoms with Gasteiger partial charge in [0.1, 0.15) is 0 Å². The van der Waals surface area contributed by atoms with Crippen molar-refractivity contribution in [3.63, 3.8) is 0 Å². The summed E-state index contributed by atoms with van der Waals surface area (Å²) in [5, 5.41) is 7.43. The number of hydrogen-bond acceptors (Lipinski definition) is 3. The van der Waals surface area contributed by atoms with Gasteiger partial charge in [0.05, 0.1) is 23.1 Å². The molecule has 0 spiro atoms. The minimum Gasteiger partial charge on any atom is -0.319 e. The van der Waals surface area contributed by atoms with Gasteiger partial charge in [-0.3, -0.25) is 4.79 Å². The number of hydrogen-bond donors (Lipinski definition) is 1. The van der Waals surface area contributed by atoms with Crippen molar-refractivity contribution in [3.8, 4) is 5.82 Å². The lowest BCUT2D eigenvalue weighted by Crippen LogP contribution is -2.14. The van der Waals surface area contributed by atoms with Crippen LogP contribution in [0.3, 0.4) is 0 Å². The van der Waals surface area contributed by atoms with Gasteiger partial charge in [-0.1, -0.05) is 29.8 Å². The van der Waals surface area contributed by atoms with Crippen molar-refractivity contribution >= 4 is 23.2 Å². The predicted molar refractivity (Wildman–Crippen MR) is 80.8 cm³/mol. The van der Waals surface area contributed by atoms with Crippen LogP contribution in [-0.2, 0) is 0 Å². The van der Waals surface area contributed by atoms with Gasteiger partial charge in [-0.15, -0.1) is 0 Å². The van der Waals surface area contributed by atoms with Crippen molar-refractivity contribution in [1.82, 2.24) is 14.8 Å². The van der Waals surface area contributed by atoms with Crippen molar-refractivity contribution in [1.29, 1.82) is 0 Å². The highest BCUT2D eigenvalue weighted by Gasteiger charge is 2.11. The molecule has 0 aliphatic carbocycles. The Morgan fingerprint density at radius 2 is 1.95 bits per heavy atom. The second-order valence-corrected chi connectivity index (χ2v) is 4.73. The maximum Gasteiger partial charge on any atom is 0.255 e. The Labute approximate surface area is 126 Å². The molecule has 0 aliphatic rings. The van der Waals surface area contributed by atoms with Crippen LogP contribution in [0.2, 0.25) is 5.02 Å². The van der Waals surface area contributed by atoms with E-state index in [1.54, 1.807) is 36.7 Å². The average molecular weight is 299 g/mol. The second-order valence-electron chi connectivity index (χ2n) is 4.30. The van der Waals surface area contributed by atoms with Gasteiger partial charge >= 0.3 is 0 Å². The van der Waals surface area contributed by atoms with Gasteiger partial charge in [-0.2, -0.15) is 5.10 Å². The van der Waals surface area contributed by atoms with Gasteiger partial charge < -0.3 is 5.32 Å². The third kappa shape index (κ3) is 2.93. The molecule has 0 atom stereocenters. The van der Waals surface area contributed by atoms with Crippen LogP contribution in [0, 0.1) is 0 Å². The highest BCUT2D eigenvalue weighted by Crippen LogP contribution is 2.19. The van der Waals surface area contributed by atoms with E-state index in [-0.39, 0.29) is 5.91 Å². The zero-order chi connectivity index (χ0) is 14.7. The summed E-state index contributed by atoms with van der Waals surface area (Å²) in [7, 11) is 0. The number of benzene rings is 1. The number of carbonyl (C=O) groups is 1. The molecule has 1 N–H and O–H groups in total. The average Bonchev–Trinajstić information content (AvgIpc) is 2.95. The van der Waals surface area contributed by atoms with Crippen molar-refractivity contribution in [2.75, 3.05) is 5.32 Å². The van der Waals surface area contributed by atoms with Crippen LogP contribution in [0.5, 0.6) is 0 Å². The number of nitrogens with one attached hydrogen (secondary N) is 1. The number of halogens is 1. The zero-order valence-electron chi connectivity index (χ0n) is 10.9. The lowest BCUT2D eigenvalue weighted by molar-refractivity contribution is 0.102. The van der Waals surface area contributed by atoms with Crippen LogP contribution < -0.4 is 5.32 Å². The lowest BCUT2D eigenvalue weighted by Gasteiger charge is -2.09. The Bertz CT molecular complexity index is 770. The summed E-state index contributed by atoms with van der Waals surface area (Å²) in [6, 6.07) is 12.5. The summed E-state index contributed by atoms with van der Waals surface area (Å²) in [6.07, 6.45) is 4.77. The molecule has 21 heavy (non-hydrogen) atoms. The van der Waals surface area contributed by atoms with Crippen LogP contribution in [0.4, 0.5) is 5.69 Å². The molecular formula is C15H11ClN4O. The largest absolute Gasteiger partial charge is 0.319 e. The molecule has 0 bridgehead atoms. The van der Waals surface area contributed by atoms with E-state index >= 15 is 0 Å². The molecule has 0 radical (unpaired) electrons. The first kappa shape index (κ1) is 13.3. The first-order valence-electron chi connectivity index (χ1n) is 6.26. The molecule has 3 rings (SSSR count). The smallest absolute Gasteiger partial charge is 0.255 e. The number of pyridine rings is 1. The molecular weight excluding hydrogens is 288 g/mol. The Morgan fingerprint density at radius 3 is 2.67 bits per heavy atom. The maximum absolute atomic E-state index is 12.2. The number of aromatic nitrogens is 3. The molecule has 5 nitrogen and oxygen atoms in total. The third-order valence-electron chi connectivity index (χ3n) is 2.84. The monoisotopic (exact) mass is 298 g/mol. The van der Waals surface area contributed by atoms with Gasteiger partial charge in [0.15, 0.2) is 5.82 Å². The lowest BCUT2D eigenvalue weighted by atomic mass is 10.2. The maximum atomic E-state index is 12.2. The molecule has 0 fully saturated rings. The van der Waals surface area contributed by atoms with E-state index in [4.69, 9.17) is 11.6 Å². The minimum atomic E-state index is -0.205. The number of rotatable bonds is 3. The van der Waals surface area contributed by atoms with Crippen LogP contribution in [0.1, 0.15) is 10.4 Å². The van der Waals surface area contributed by atoms with E-state index in [0.717, 1.165) is 0 Å². The van der Waals surface area contributed by atoms with Gasteiger partial charge in [-0.25, -0.2) is 9.67 Å². The summed E-state index contributed by atoms with van der Waals surface area (Å²) in [4.78, 5) is 16.4. The fourth-order valence-electron chi connectivity index (χ4n) is 1.88. The van der Waals surface area contributed by atoms with Gasteiger partial charge in [-0.05, 0) is 24.3 Å². The molecule has 2 heterocycles. The summed E-state index contributed by atoms with van der Waals surface area (Å²) < 4.78 is 1.52. The SMILES string of the molecule is O=C(Nc1cccnc1-n1cc(Cl)cn1)c1ccccc1. The van der Waals surface area contributed by atoms with Crippen LogP contribution in [0.25, 0.3) is 5.82 Å². The first-order valence-corrected chi connectivity index (χ1v) is 6.64. The number of amides is 1. The molecule has 2 aromatic heterocycles. The number of nitrogens with zero attached hydrogens (tertiary/aromatic N) is 3. The summed E-state index contributed by atoms with van der Waals surface area (Å²) in [5.41, 5.74) is 1.14. The second kappa shape index (κ2) is 5.76. The zero-order valence-corrected chi connectivity index (χ0v) is 11.7. The van der Waals surface area contributed by atoms with E-state index < -0.39 is 0 Å². The summed E-state index contributed by atoms with van der Waals surface area (Å²) in [5.74, 6) is 0.303. The topological polar surface area (TPSA) is 59.8 Å². The van der Waals surface area contributed by atoms with Crippen molar-refractivity contribution in [2.45, 2.75) is 0 Å². The molecule has 1 amide bonds. The van der Waals surface area contributed by atoms with Crippen LogP contribution >= 0.6 is 11.6 Å². The van der Waals surface area contributed by atoms with Crippen LogP contribution in [-0.4, -0.2) is 20.7 Å². The Kier molecular flexibility index (Phi) is 3.66. The molecule has 0 saturated carbocycles. The van der Waals surface area contributed by atoms with Crippen molar-refractivity contribution in [2.24, 2.45) is 0 Å². The summed E-state index contributed by atoms with van der Waals surface area (Å²) >= 11 is 5.87. The fourth-order valence-corrected chi connectivity index (χ4v) is 2.01. The van der Waals surface area contributed by atoms with Gasteiger partial charge in [0, 0.05) is 11.8 Å². The number of anilines is 1. The van der Waals surface area contributed by atoms with E-state index in [2.05, 4.69) is 15.4 Å². The highest BCUT2D eigenvalue weighted by atomic mass is 35.5. The van der Waals surface area contributed by atoms with E-state index in [1.807, 2.05) is 18.2 Å². The quantitative estimate of drug-likeness (QED) is 0.808. The molecule has 6 heteroatoms. The van der Waals surface area contributed by atoms with E-state index in [1.165, 1.54) is 10.9 Å². The highest BCUT2D eigenvalue weighted by molar-refractivity contribution is 6.30. The standard InChI is InChI=1S/C15H11ClN4O/c16-12-9-18-20(10-12)14-13(7-4-8-17-14)19-15(21)11-5-2-1-3-6-11/h1-10H,(H,19,21). The fraction of sp³-hybridized carbons (Fsp3) is 0. The molecule has 0 unspecified atom stereocenters. The first-order chi connectivity index (χ1) is 10.2.